The number of aryl methyl sites for hydroxylation is 1. The summed E-state index contributed by atoms with van der Waals surface area (Å²) in [6, 6.07) is 22.8. The van der Waals surface area contributed by atoms with Crippen LogP contribution in [0.4, 0.5) is 5.69 Å². The van der Waals surface area contributed by atoms with Crippen LogP contribution in [0.5, 0.6) is 5.75 Å². The Labute approximate surface area is 182 Å². The molecule has 0 fully saturated rings. The van der Waals surface area contributed by atoms with Gasteiger partial charge in [-0.05, 0) is 43.3 Å². The second kappa shape index (κ2) is 8.51. The lowest BCUT2D eigenvalue weighted by Gasteiger charge is -2.06. The summed E-state index contributed by atoms with van der Waals surface area (Å²) in [6.07, 6.45) is 0. The maximum absolute atomic E-state index is 12.9. The third kappa shape index (κ3) is 4.26. The minimum atomic E-state index is -0.396. The standard InChI is InChI=1S/C23H19BrN4O2/c1-15-6-8-16(9-7-15)22-26-21(27-28(22)19-12-10-17(24)11-13-19)23(29)25-18-4-3-5-20(14-18)30-2/h3-14H,1-2H3,(H,25,29). The second-order valence-corrected chi connectivity index (χ2v) is 7.62. The highest BCUT2D eigenvalue weighted by molar-refractivity contribution is 9.10. The van der Waals surface area contributed by atoms with Crippen LogP contribution in [0.2, 0.25) is 0 Å². The minimum absolute atomic E-state index is 0.0799. The average Bonchev–Trinajstić information content (AvgIpc) is 3.20. The van der Waals surface area contributed by atoms with Gasteiger partial charge in [0.1, 0.15) is 5.75 Å². The van der Waals surface area contributed by atoms with Crippen LogP contribution in [0.1, 0.15) is 16.2 Å². The van der Waals surface area contributed by atoms with E-state index < -0.39 is 5.91 Å². The van der Waals surface area contributed by atoms with Gasteiger partial charge in [-0.2, -0.15) is 0 Å². The molecule has 0 aliphatic rings. The van der Waals surface area contributed by atoms with E-state index in [-0.39, 0.29) is 5.82 Å². The predicted octanol–water partition coefficient (Wildman–Crippen LogP) is 5.27. The summed E-state index contributed by atoms with van der Waals surface area (Å²) < 4.78 is 7.85. The molecule has 1 N–H and O–H groups in total. The van der Waals surface area contributed by atoms with E-state index in [2.05, 4.69) is 31.3 Å². The number of methoxy groups -OCH3 is 1. The van der Waals surface area contributed by atoms with Crippen molar-refractivity contribution in [1.29, 1.82) is 0 Å². The third-order valence-electron chi connectivity index (χ3n) is 4.52. The Morgan fingerprint density at radius 2 is 1.77 bits per heavy atom. The largest absolute Gasteiger partial charge is 0.497 e. The summed E-state index contributed by atoms with van der Waals surface area (Å²) in [5.41, 5.74) is 3.43. The molecule has 1 amide bonds. The molecule has 30 heavy (non-hydrogen) atoms. The number of hydrogen-bond acceptors (Lipinski definition) is 4. The molecule has 0 saturated heterocycles. The number of anilines is 1. The van der Waals surface area contributed by atoms with E-state index in [0.717, 1.165) is 21.3 Å². The van der Waals surface area contributed by atoms with Gasteiger partial charge in [0.15, 0.2) is 5.82 Å². The molecule has 0 radical (unpaired) electrons. The smallest absolute Gasteiger partial charge is 0.295 e. The molecule has 0 bridgehead atoms. The van der Waals surface area contributed by atoms with Gasteiger partial charge in [-0.1, -0.05) is 51.8 Å². The topological polar surface area (TPSA) is 69.0 Å². The summed E-state index contributed by atoms with van der Waals surface area (Å²) in [4.78, 5) is 17.4. The molecule has 0 unspecified atom stereocenters. The van der Waals surface area contributed by atoms with Crippen molar-refractivity contribution in [2.24, 2.45) is 0 Å². The van der Waals surface area contributed by atoms with Gasteiger partial charge >= 0.3 is 0 Å². The van der Waals surface area contributed by atoms with Gasteiger partial charge in [0.25, 0.3) is 5.91 Å². The van der Waals surface area contributed by atoms with E-state index in [4.69, 9.17) is 4.74 Å². The number of nitrogens with zero attached hydrogens (tertiary/aromatic N) is 3. The molecule has 4 aromatic rings. The zero-order valence-electron chi connectivity index (χ0n) is 16.5. The van der Waals surface area contributed by atoms with Gasteiger partial charge in [0.05, 0.1) is 12.8 Å². The van der Waals surface area contributed by atoms with Crippen LogP contribution in [0, 0.1) is 6.92 Å². The summed E-state index contributed by atoms with van der Waals surface area (Å²) in [5, 5.41) is 7.32. The van der Waals surface area contributed by atoms with Crippen molar-refractivity contribution in [2.75, 3.05) is 12.4 Å². The van der Waals surface area contributed by atoms with E-state index >= 15 is 0 Å². The predicted molar refractivity (Wildman–Crippen MR) is 120 cm³/mol. The summed E-state index contributed by atoms with van der Waals surface area (Å²) >= 11 is 3.45. The van der Waals surface area contributed by atoms with E-state index in [1.165, 1.54) is 0 Å². The molecule has 6 nitrogen and oxygen atoms in total. The molecule has 3 aromatic carbocycles. The Hall–Kier alpha value is -3.45. The van der Waals surface area contributed by atoms with Crippen molar-refractivity contribution in [1.82, 2.24) is 14.8 Å². The highest BCUT2D eigenvalue weighted by Gasteiger charge is 2.19. The number of rotatable bonds is 5. The first kappa shape index (κ1) is 19.8. The molecule has 7 heteroatoms. The first-order chi connectivity index (χ1) is 14.5. The van der Waals surface area contributed by atoms with Crippen molar-refractivity contribution in [3.63, 3.8) is 0 Å². The fraction of sp³-hybridized carbons (Fsp3) is 0.0870. The fourth-order valence-corrected chi connectivity index (χ4v) is 3.21. The SMILES string of the molecule is COc1cccc(NC(=O)c2nc(-c3ccc(C)cc3)n(-c3ccc(Br)cc3)n2)c1. The van der Waals surface area contributed by atoms with Crippen LogP contribution in [-0.4, -0.2) is 27.8 Å². The number of benzene rings is 3. The Morgan fingerprint density at radius 1 is 1.03 bits per heavy atom. The lowest BCUT2D eigenvalue weighted by atomic mass is 10.1. The molecule has 0 aliphatic carbocycles. The summed E-state index contributed by atoms with van der Waals surface area (Å²) in [6.45, 7) is 2.02. The highest BCUT2D eigenvalue weighted by Crippen LogP contribution is 2.24. The van der Waals surface area contributed by atoms with Gasteiger partial charge < -0.3 is 10.1 Å². The summed E-state index contributed by atoms with van der Waals surface area (Å²) in [7, 11) is 1.58. The van der Waals surface area contributed by atoms with Crippen LogP contribution in [0.15, 0.2) is 77.3 Å². The normalized spacial score (nSPS) is 10.6. The van der Waals surface area contributed by atoms with Crippen molar-refractivity contribution < 1.29 is 9.53 Å². The van der Waals surface area contributed by atoms with Gasteiger partial charge in [-0.15, -0.1) is 5.10 Å². The molecule has 0 aliphatic heterocycles. The van der Waals surface area contributed by atoms with Crippen LogP contribution in [-0.2, 0) is 0 Å². The average molecular weight is 463 g/mol. The van der Waals surface area contributed by atoms with Crippen molar-refractivity contribution >= 4 is 27.5 Å². The first-order valence-electron chi connectivity index (χ1n) is 9.29. The number of nitrogens with one attached hydrogen (secondary N) is 1. The number of halogens is 1. The third-order valence-corrected chi connectivity index (χ3v) is 5.05. The molecular weight excluding hydrogens is 444 g/mol. The molecular formula is C23H19BrN4O2. The maximum Gasteiger partial charge on any atom is 0.295 e. The fourth-order valence-electron chi connectivity index (χ4n) is 2.95. The van der Waals surface area contributed by atoms with Crippen LogP contribution in [0.25, 0.3) is 17.1 Å². The quantitative estimate of drug-likeness (QED) is 0.438. The second-order valence-electron chi connectivity index (χ2n) is 6.70. The van der Waals surface area contributed by atoms with E-state index in [1.54, 1.807) is 30.0 Å². The number of ether oxygens (including phenoxy) is 1. The van der Waals surface area contributed by atoms with E-state index in [1.807, 2.05) is 61.5 Å². The molecule has 0 saturated carbocycles. The van der Waals surface area contributed by atoms with Crippen molar-refractivity contribution in [3.05, 3.63) is 88.7 Å². The Kier molecular flexibility index (Phi) is 5.63. The Balaban J connectivity index is 1.73. The maximum atomic E-state index is 12.9. The summed E-state index contributed by atoms with van der Waals surface area (Å²) in [5.74, 6) is 0.929. The number of hydrogen-bond donors (Lipinski definition) is 1. The van der Waals surface area contributed by atoms with Crippen molar-refractivity contribution in [3.8, 4) is 22.8 Å². The van der Waals surface area contributed by atoms with Crippen LogP contribution in [0.3, 0.4) is 0 Å². The Morgan fingerprint density at radius 3 is 2.47 bits per heavy atom. The van der Waals surface area contributed by atoms with Crippen LogP contribution < -0.4 is 10.1 Å². The first-order valence-corrected chi connectivity index (χ1v) is 10.1. The van der Waals surface area contributed by atoms with Gasteiger partial charge in [-0.25, -0.2) is 9.67 Å². The number of aromatic nitrogens is 3. The highest BCUT2D eigenvalue weighted by atomic mass is 79.9. The van der Waals surface area contributed by atoms with Gasteiger partial charge in [0, 0.05) is 21.8 Å². The van der Waals surface area contributed by atoms with Gasteiger partial charge in [0.2, 0.25) is 5.82 Å². The van der Waals surface area contributed by atoms with Gasteiger partial charge in [-0.3, -0.25) is 4.79 Å². The zero-order chi connectivity index (χ0) is 21.1. The lowest BCUT2D eigenvalue weighted by molar-refractivity contribution is 0.101. The minimum Gasteiger partial charge on any atom is -0.497 e. The van der Waals surface area contributed by atoms with E-state index in [0.29, 0.717) is 17.3 Å². The van der Waals surface area contributed by atoms with Crippen LogP contribution >= 0.6 is 15.9 Å². The molecule has 150 valence electrons. The molecule has 0 atom stereocenters. The molecule has 0 spiro atoms. The van der Waals surface area contributed by atoms with Crippen molar-refractivity contribution in [2.45, 2.75) is 6.92 Å². The van der Waals surface area contributed by atoms with E-state index in [9.17, 15) is 4.79 Å². The molecule has 1 heterocycles. The lowest BCUT2D eigenvalue weighted by Crippen LogP contribution is -2.14. The number of amides is 1. The number of carbonyl (C=O) groups is 1. The number of carbonyl (C=O) groups excluding carboxylic acids is 1. The zero-order valence-corrected chi connectivity index (χ0v) is 18.1. The molecule has 4 rings (SSSR count). The molecule has 1 aromatic heterocycles. The Bertz CT molecular complexity index is 1120. The monoisotopic (exact) mass is 462 g/mol.